The quantitative estimate of drug-likeness (QED) is 0.207. The molecule has 1 aromatic heterocycles. The maximum absolute atomic E-state index is 13.1. The van der Waals surface area contributed by atoms with Gasteiger partial charge in [-0.2, -0.15) is 5.10 Å². The van der Waals surface area contributed by atoms with E-state index in [1.165, 1.54) is 22.5 Å². The molecule has 0 aliphatic heterocycles. The highest BCUT2D eigenvalue weighted by molar-refractivity contribution is 7.99. The number of fused-ring (bicyclic) bond motifs is 1. The van der Waals surface area contributed by atoms with Crippen LogP contribution < -0.4 is 11.0 Å². The smallest absolute Gasteiger partial charge is 0.266 e. The largest absolute Gasteiger partial charge is 0.272 e. The molecule has 0 saturated heterocycles. The first-order valence-corrected chi connectivity index (χ1v) is 10.8. The molecular formula is C23H17ClN4O2S. The molecule has 1 amide bonds. The highest BCUT2D eigenvalue weighted by Crippen LogP contribution is 2.21. The number of nitrogens with zero attached hydrogens (tertiary/aromatic N) is 3. The Balaban J connectivity index is 1.54. The van der Waals surface area contributed by atoms with Gasteiger partial charge in [0, 0.05) is 5.02 Å². The second-order valence-corrected chi connectivity index (χ2v) is 7.90. The second-order valence-electron chi connectivity index (χ2n) is 6.52. The average molecular weight is 449 g/mol. The van der Waals surface area contributed by atoms with E-state index in [0.29, 0.717) is 26.8 Å². The van der Waals surface area contributed by atoms with Crippen molar-refractivity contribution in [2.75, 3.05) is 5.75 Å². The average Bonchev–Trinajstić information content (AvgIpc) is 2.80. The number of hydrogen-bond acceptors (Lipinski definition) is 5. The SMILES string of the molecule is O=C(CSc1nc2ccccc2c(=O)n1-c1ccccc1)N/N=C\c1ccc(Cl)cc1. The van der Waals surface area contributed by atoms with Crippen LogP contribution in [0.2, 0.25) is 5.02 Å². The van der Waals surface area contributed by atoms with Gasteiger partial charge in [0.25, 0.3) is 11.5 Å². The summed E-state index contributed by atoms with van der Waals surface area (Å²) < 4.78 is 1.53. The third-order valence-electron chi connectivity index (χ3n) is 4.36. The number of benzene rings is 3. The van der Waals surface area contributed by atoms with Crippen molar-refractivity contribution >= 4 is 46.4 Å². The molecule has 0 atom stereocenters. The molecule has 6 nitrogen and oxygen atoms in total. The van der Waals surface area contributed by atoms with Crippen molar-refractivity contribution < 1.29 is 4.79 Å². The molecule has 31 heavy (non-hydrogen) atoms. The molecule has 0 unspecified atom stereocenters. The van der Waals surface area contributed by atoms with Crippen LogP contribution in [0.5, 0.6) is 0 Å². The van der Waals surface area contributed by atoms with E-state index in [4.69, 9.17) is 11.6 Å². The molecule has 0 fully saturated rings. The molecule has 1 N–H and O–H groups in total. The Hall–Kier alpha value is -3.42. The fourth-order valence-corrected chi connectivity index (χ4v) is 3.84. The molecule has 1 heterocycles. The van der Waals surface area contributed by atoms with Crippen LogP contribution in [0.1, 0.15) is 5.56 Å². The second kappa shape index (κ2) is 9.59. The summed E-state index contributed by atoms with van der Waals surface area (Å²) in [7, 11) is 0. The Kier molecular flexibility index (Phi) is 6.45. The van der Waals surface area contributed by atoms with Gasteiger partial charge in [-0.1, -0.05) is 65.8 Å². The van der Waals surface area contributed by atoms with Crippen molar-refractivity contribution in [3.05, 3.63) is 99.8 Å². The highest BCUT2D eigenvalue weighted by Gasteiger charge is 2.14. The summed E-state index contributed by atoms with van der Waals surface area (Å²) in [4.78, 5) is 30.0. The van der Waals surface area contributed by atoms with Gasteiger partial charge in [0.1, 0.15) is 0 Å². The van der Waals surface area contributed by atoms with Crippen molar-refractivity contribution in [3.63, 3.8) is 0 Å². The summed E-state index contributed by atoms with van der Waals surface area (Å²) in [6.45, 7) is 0. The van der Waals surface area contributed by atoms with Crippen LogP contribution in [0, 0.1) is 0 Å². The summed E-state index contributed by atoms with van der Waals surface area (Å²) in [5, 5.41) is 5.55. The molecule has 0 aliphatic rings. The minimum Gasteiger partial charge on any atom is -0.272 e. The lowest BCUT2D eigenvalue weighted by Crippen LogP contribution is -2.24. The van der Waals surface area contributed by atoms with Gasteiger partial charge in [0.05, 0.1) is 28.6 Å². The van der Waals surface area contributed by atoms with Gasteiger partial charge >= 0.3 is 0 Å². The molecule has 0 bridgehead atoms. The van der Waals surface area contributed by atoms with E-state index in [9.17, 15) is 9.59 Å². The van der Waals surface area contributed by atoms with Gasteiger partial charge in [0.2, 0.25) is 0 Å². The van der Waals surface area contributed by atoms with Gasteiger partial charge in [-0.15, -0.1) is 0 Å². The van der Waals surface area contributed by atoms with E-state index >= 15 is 0 Å². The standard InChI is InChI=1S/C23H17ClN4O2S/c24-17-12-10-16(11-13-17)14-25-27-21(29)15-31-23-26-20-9-5-4-8-19(20)22(30)28(23)18-6-2-1-3-7-18/h1-14H,15H2,(H,27,29)/b25-14-. The molecular weight excluding hydrogens is 432 g/mol. The number of nitrogens with one attached hydrogen (secondary N) is 1. The van der Waals surface area contributed by atoms with E-state index in [-0.39, 0.29) is 17.2 Å². The fourth-order valence-electron chi connectivity index (χ4n) is 2.90. The van der Waals surface area contributed by atoms with Crippen molar-refractivity contribution in [3.8, 4) is 5.69 Å². The number of amides is 1. The third kappa shape index (κ3) is 5.02. The zero-order valence-corrected chi connectivity index (χ0v) is 17.8. The van der Waals surface area contributed by atoms with Crippen LogP contribution in [0.15, 0.2) is 93.9 Å². The fraction of sp³-hybridized carbons (Fsp3) is 0.0435. The Morgan fingerprint density at radius 1 is 1.03 bits per heavy atom. The molecule has 154 valence electrons. The van der Waals surface area contributed by atoms with Crippen molar-refractivity contribution in [1.29, 1.82) is 0 Å². The van der Waals surface area contributed by atoms with Gasteiger partial charge in [-0.3, -0.25) is 14.2 Å². The number of aromatic nitrogens is 2. The number of hydrogen-bond donors (Lipinski definition) is 1. The lowest BCUT2D eigenvalue weighted by atomic mass is 10.2. The number of para-hydroxylation sites is 2. The van der Waals surface area contributed by atoms with Gasteiger partial charge < -0.3 is 0 Å². The molecule has 0 spiro atoms. The maximum atomic E-state index is 13.1. The van der Waals surface area contributed by atoms with E-state index in [2.05, 4.69) is 15.5 Å². The number of thioether (sulfide) groups is 1. The third-order valence-corrected chi connectivity index (χ3v) is 5.56. The first kappa shape index (κ1) is 20.8. The minimum atomic E-state index is -0.308. The summed E-state index contributed by atoms with van der Waals surface area (Å²) in [6, 6.07) is 23.5. The number of halogens is 1. The van der Waals surface area contributed by atoms with E-state index in [1.807, 2.05) is 36.4 Å². The molecule has 0 saturated carbocycles. The van der Waals surface area contributed by atoms with Crippen LogP contribution in [0.25, 0.3) is 16.6 Å². The van der Waals surface area contributed by atoms with E-state index in [0.717, 1.165) is 5.56 Å². The predicted octanol–water partition coefficient (Wildman–Crippen LogP) is 4.28. The summed E-state index contributed by atoms with van der Waals surface area (Å²) in [6.07, 6.45) is 1.53. The summed E-state index contributed by atoms with van der Waals surface area (Å²) in [5.74, 6) is -0.257. The first-order valence-electron chi connectivity index (χ1n) is 9.39. The van der Waals surface area contributed by atoms with E-state index in [1.54, 1.807) is 42.5 Å². The lowest BCUT2D eigenvalue weighted by molar-refractivity contribution is -0.118. The molecule has 0 aliphatic carbocycles. The Labute approximate surface area is 187 Å². The number of carbonyl (C=O) groups excluding carboxylic acids is 1. The van der Waals surface area contributed by atoms with Crippen LogP contribution >= 0.6 is 23.4 Å². The van der Waals surface area contributed by atoms with Crippen LogP contribution in [-0.2, 0) is 4.79 Å². The summed E-state index contributed by atoms with van der Waals surface area (Å²) >= 11 is 7.03. The van der Waals surface area contributed by atoms with Gasteiger partial charge in [-0.25, -0.2) is 10.4 Å². The Bertz CT molecular complexity index is 1300. The number of carbonyl (C=O) groups is 1. The minimum absolute atomic E-state index is 0.0512. The maximum Gasteiger partial charge on any atom is 0.266 e. The normalized spacial score (nSPS) is 11.1. The molecule has 0 radical (unpaired) electrons. The van der Waals surface area contributed by atoms with Crippen LogP contribution in [0.4, 0.5) is 0 Å². The topological polar surface area (TPSA) is 76.3 Å². The predicted molar refractivity (Wildman–Crippen MR) is 125 cm³/mol. The van der Waals surface area contributed by atoms with Crippen molar-refractivity contribution in [1.82, 2.24) is 15.0 Å². The first-order chi connectivity index (χ1) is 15.1. The molecule has 8 heteroatoms. The van der Waals surface area contributed by atoms with Crippen LogP contribution in [-0.4, -0.2) is 27.4 Å². The van der Waals surface area contributed by atoms with Crippen molar-refractivity contribution in [2.24, 2.45) is 5.10 Å². The van der Waals surface area contributed by atoms with Gasteiger partial charge in [-0.05, 0) is 42.0 Å². The molecule has 3 aromatic carbocycles. The molecule has 4 rings (SSSR count). The number of rotatable bonds is 6. The van der Waals surface area contributed by atoms with Gasteiger partial charge in [0.15, 0.2) is 5.16 Å². The summed E-state index contributed by atoms with van der Waals surface area (Å²) in [5.41, 5.74) is 4.40. The Morgan fingerprint density at radius 3 is 2.52 bits per heavy atom. The number of hydrazone groups is 1. The zero-order chi connectivity index (χ0) is 21.6. The lowest BCUT2D eigenvalue weighted by Gasteiger charge is -2.12. The Morgan fingerprint density at radius 2 is 1.74 bits per heavy atom. The van der Waals surface area contributed by atoms with Crippen molar-refractivity contribution in [2.45, 2.75) is 5.16 Å². The molecule has 4 aromatic rings. The highest BCUT2D eigenvalue weighted by atomic mass is 35.5. The zero-order valence-electron chi connectivity index (χ0n) is 16.2. The monoisotopic (exact) mass is 448 g/mol. The van der Waals surface area contributed by atoms with E-state index < -0.39 is 0 Å². The van der Waals surface area contributed by atoms with Crippen LogP contribution in [0.3, 0.4) is 0 Å².